The number of rotatable bonds is 5. The van der Waals surface area contributed by atoms with Gasteiger partial charge < -0.3 is 9.58 Å². The Kier molecular flexibility index (Phi) is 5.67. The van der Waals surface area contributed by atoms with Gasteiger partial charge in [-0.1, -0.05) is 79.4 Å². The highest BCUT2D eigenvalue weighted by atomic mass is 32.2. The van der Waals surface area contributed by atoms with E-state index in [-0.39, 0.29) is 10.7 Å². The number of fused-ring (bicyclic) bond motifs is 2. The molecule has 0 spiro atoms. The number of hydrogen-bond acceptors (Lipinski definition) is 4. The van der Waals surface area contributed by atoms with Crippen LogP contribution in [0.3, 0.4) is 0 Å². The molecule has 0 saturated heterocycles. The first-order valence-corrected chi connectivity index (χ1v) is 13.3. The molecule has 0 aliphatic heterocycles. The first-order chi connectivity index (χ1) is 18.5. The van der Waals surface area contributed by atoms with Crippen LogP contribution < -0.4 is 4.74 Å². The lowest BCUT2D eigenvalue weighted by Gasteiger charge is -2.15. The third-order valence-corrected chi connectivity index (χ3v) is 8.28. The Bertz CT molecular complexity index is 1970. The van der Waals surface area contributed by atoms with Gasteiger partial charge in [0.15, 0.2) is 5.52 Å². The van der Waals surface area contributed by atoms with Crippen LogP contribution in [0.15, 0.2) is 114 Å². The zero-order chi connectivity index (χ0) is 26.3. The molecule has 0 atom stereocenters. The van der Waals surface area contributed by atoms with E-state index < -0.39 is 10.0 Å². The summed E-state index contributed by atoms with van der Waals surface area (Å²) in [7, 11) is -2.52. The molecule has 6 rings (SSSR count). The summed E-state index contributed by atoms with van der Waals surface area (Å²) in [5, 5.41) is 1.58. The Balaban J connectivity index is 1.77. The molecular formula is C31H21N3O3S. The molecular weight excluding hydrogens is 494 g/mol. The first-order valence-electron chi connectivity index (χ1n) is 11.9. The van der Waals surface area contributed by atoms with Crippen molar-refractivity contribution in [2.75, 3.05) is 7.11 Å². The Labute approximate surface area is 220 Å². The minimum Gasteiger partial charge on any atom is -0.497 e. The van der Waals surface area contributed by atoms with Crippen molar-refractivity contribution in [1.82, 2.24) is 8.96 Å². The van der Waals surface area contributed by atoms with E-state index in [1.165, 1.54) is 11.1 Å². The molecule has 0 unspecified atom stereocenters. The van der Waals surface area contributed by atoms with Crippen molar-refractivity contribution in [2.24, 2.45) is 0 Å². The minimum atomic E-state index is -4.06. The Hall–Kier alpha value is -4.93. The number of nitrogens with zero attached hydrogens (tertiary/aromatic N) is 3. The fraction of sp³-hybridized carbons (Fsp3) is 0.0323. The number of methoxy groups -OCH3 is 1. The Morgan fingerprint density at radius 1 is 0.842 bits per heavy atom. The van der Waals surface area contributed by atoms with E-state index in [0.717, 1.165) is 5.39 Å². The molecule has 4 aromatic carbocycles. The van der Waals surface area contributed by atoms with Crippen molar-refractivity contribution in [1.29, 1.82) is 0 Å². The lowest BCUT2D eigenvalue weighted by molar-refractivity contribution is 0.414. The van der Waals surface area contributed by atoms with Crippen LogP contribution in [0, 0.1) is 6.57 Å². The van der Waals surface area contributed by atoms with E-state index in [2.05, 4.69) is 9.83 Å². The van der Waals surface area contributed by atoms with Crippen LogP contribution in [0.5, 0.6) is 5.75 Å². The third kappa shape index (κ3) is 3.71. The van der Waals surface area contributed by atoms with Crippen molar-refractivity contribution < 1.29 is 13.2 Å². The molecule has 0 N–H and O–H groups in total. The normalized spacial score (nSPS) is 11.5. The Morgan fingerprint density at radius 3 is 2.26 bits per heavy atom. The van der Waals surface area contributed by atoms with E-state index in [9.17, 15) is 8.42 Å². The molecule has 7 heteroatoms. The molecule has 0 radical (unpaired) electrons. The van der Waals surface area contributed by atoms with Gasteiger partial charge >= 0.3 is 0 Å². The van der Waals surface area contributed by atoms with Gasteiger partial charge in [-0.15, -0.1) is 4.98 Å². The summed E-state index contributed by atoms with van der Waals surface area (Å²) in [5.74, 6) is 0.778. The molecule has 0 amide bonds. The van der Waals surface area contributed by atoms with E-state index in [4.69, 9.17) is 11.3 Å². The van der Waals surface area contributed by atoms with Gasteiger partial charge in [-0.3, -0.25) is 0 Å². The lowest BCUT2D eigenvalue weighted by Crippen LogP contribution is -2.14. The van der Waals surface area contributed by atoms with Gasteiger partial charge in [0.05, 0.1) is 23.2 Å². The second-order valence-corrected chi connectivity index (χ2v) is 10.5. The molecule has 0 aliphatic carbocycles. The SMILES string of the molecule is [C-]#[N+]c1nc2ccccc2cc1-c1c(-c2ccccc2)n(S(=O)(=O)c2ccc(OC)cc2)c2ccccc12. The standard InChI is InChI=1S/C31H21N3O3S/c1-32-31-26(20-22-12-6-8-14-27(22)33-31)29-25-13-7-9-15-28(25)34(30(29)21-10-4-3-5-11-21)38(35,36)24-18-16-23(37-2)17-19-24/h3-20H,2H3. The van der Waals surface area contributed by atoms with Crippen LogP contribution in [0.4, 0.5) is 5.82 Å². The van der Waals surface area contributed by atoms with Gasteiger partial charge in [-0.2, -0.15) is 0 Å². The zero-order valence-electron chi connectivity index (χ0n) is 20.4. The number of hydrogen-bond donors (Lipinski definition) is 0. The summed E-state index contributed by atoms with van der Waals surface area (Å²) in [6, 6.07) is 32.6. The third-order valence-electron chi connectivity index (χ3n) is 6.56. The molecule has 0 bridgehead atoms. The maximum atomic E-state index is 14.3. The number of ether oxygens (including phenoxy) is 1. The van der Waals surface area contributed by atoms with E-state index in [1.54, 1.807) is 30.3 Å². The van der Waals surface area contributed by atoms with Gasteiger partial charge in [0, 0.05) is 21.9 Å². The average Bonchev–Trinajstić information content (AvgIpc) is 3.33. The molecule has 2 heterocycles. The predicted octanol–water partition coefficient (Wildman–Crippen LogP) is 7.32. The van der Waals surface area contributed by atoms with Crippen molar-refractivity contribution >= 4 is 37.6 Å². The van der Waals surface area contributed by atoms with E-state index >= 15 is 0 Å². The highest BCUT2D eigenvalue weighted by Gasteiger charge is 2.30. The number of aromatic nitrogens is 2. The number of benzene rings is 4. The summed E-state index contributed by atoms with van der Waals surface area (Å²) < 4.78 is 35.2. The van der Waals surface area contributed by atoms with Crippen LogP contribution in [-0.2, 0) is 10.0 Å². The van der Waals surface area contributed by atoms with Crippen LogP contribution >= 0.6 is 0 Å². The van der Waals surface area contributed by atoms with Crippen molar-refractivity contribution in [3.05, 3.63) is 121 Å². The van der Waals surface area contributed by atoms with E-state index in [0.29, 0.717) is 44.6 Å². The minimum absolute atomic E-state index is 0.129. The zero-order valence-corrected chi connectivity index (χ0v) is 21.2. The highest BCUT2D eigenvalue weighted by molar-refractivity contribution is 7.90. The number of pyridine rings is 1. The maximum absolute atomic E-state index is 14.3. The largest absolute Gasteiger partial charge is 0.497 e. The number of para-hydroxylation sites is 2. The fourth-order valence-electron chi connectivity index (χ4n) is 4.82. The van der Waals surface area contributed by atoms with Crippen molar-refractivity contribution in [3.63, 3.8) is 0 Å². The van der Waals surface area contributed by atoms with Gasteiger partial charge in [-0.05, 0) is 42.0 Å². The van der Waals surface area contributed by atoms with Crippen LogP contribution in [-0.4, -0.2) is 24.5 Å². The second kappa shape index (κ2) is 9.18. The van der Waals surface area contributed by atoms with Crippen LogP contribution in [0.1, 0.15) is 0 Å². The Morgan fingerprint density at radius 2 is 1.53 bits per heavy atom. The molecule has 2 aromatic heterocycles. The molecule has 0 fully saturated rings. The molecule has 184 valence electrons. The van der Waals surface area contributed by atoms with E-state index in [1.807, 2.05) is 78.9 Å². The van der Waals surface area contributed by atoms with Crippen molar-refractivity contribution in [2.45, 2.75) is 4.90 Å². The first kappa shape index (κ1) is 23.5. The van der Waals surface area contributed by atoms with Gasteiger partial charge in [0.25, 0.3) is 15.8 Å². The topological polar surface area (TPSA) is 65.5 Å². The summed E-state index contributed by atoms with van der Waals surface area (Å²) in [6.45, 7) is 7.92. The predicted molar refractivity (Wildman–Crippen MR) is 150 cm³/mol. The summed E-state index contributed by atoms with van der Waals surface area (Å²) in [4.78, 5) is 8.52. The van der Waals surface area contributed by atoms with Crippen LogP contribution in [0.2, 0.25) is 0 Å². The summed E-state index contributed by atoms with van der Waals surface area (Å²) in [6.07, 6.45) is 0. The second-order valence-electron chi connectivity index (χ2n) is 8.72. The lowest BCUT2D eigenvalue weighted by atomic mass is 9.97. The highest BCUT2D eigenvalue weighted by Crippen LogP contribution is 2.46. The fourth-order valence-corrected chi connectivity index (χ4v) is 6.37. The quantitative estimate of drug-likeness (QED) is 0.226. The summed E-state index contributed by atoms with van der Waals surface area (Å²) >= 11 is 0. The average molecular weight is 516 g/mol. The van der Waals surface area contributed by atoms with Crippen molar-refractivity contribution in [3.8, 4) is 28.1 Å². The van der Waals surface area contributed by atoms with Gasteiger partial charge in [0.2, 0.25) is 0 Å². The van der Waals surface area contributed by atoms with Crippen LogP contribution in [0.25, 0.3) is 49.0 Å². The molecule has 6 aromatic rings. The summed E-state index contributed by atoms with van der Waals surface area (Å²) in [5.41, 5.74) is 3.63. The molecule has 0 saturated carbocycles. The molecule has 0 aliphatic rings. The van der Waals surface area contributed by atoms with Gasteiger partial charge in [-0.25, -0.2) is 12.4 Å². The smallest absolute Gasteiger partial charge is 0.278 e. The molecule has 38 heavy (non-hydrogen) atoms. The van der Waals surface area contributed by atoms with Gasteiger partial charge in [0.1, 0.15) is 5.75 Å². The monoisotopic (exact) mass is 515 g/mol. The maximum Gasteiger partial charge on any atom is 0.278 e. The molecule has 6 nitrogen and oxygen atoms in total.